The number of cyclic esters (lactones) is 4. The van der Waals surface area contributed by atoms with E-state index in [4.69, 9.17) is 0 Å². The number of hydrogen-bond donors (Lipinski definition) is 0. The monoisotopic (exact) mass is 216 g/mol. The van der Waals surface area contributed by atoms with Gasteiger partial charge in [0.2, 0.25) is 0 Å². The lowest BCUT2D eigenvalue weighted by atomic mass is 10.4. The van der Waals surface area contributed by atoms with E-state index in [-0.39, 0.29) is 33.1 Å². The van der Waals surface area contributed by atoms with Crippen LogP contribution < -0.4 is 0 Å². The first-order chi connectivity index (χ1) is 6.58. The average Bonchev–Trinajstić information content (AvgIpc) is 2.63. The van der Waals surface area contributed by atoms with E-state index < -0.39 is 23.9 Å². The van der Waals surface area contributed by atoms with Gasteiger partial charge in [0.25, 0.3) is 0 Å². The van der Waals surface area contributed by atoms with Crippen molar-refractivity contribution in [1.82, 2.24) is 0 Å². The molecule has 0 spiro atoms. The van der Waals surface area contributed by atoms with Gasteiger partial charge in [0.15, 0.2) is 0 Å². The highest BCUT2D eigenvalue weighted by Gasteiger charge is 2.19. The molecule has 2 saturated heterocycles. The van der Waals surface area contributed by atoms with Crippen molar-refractivity contribution in [3.8, 4) is 0 Å². The van der Waals surface area contributed by atoms with E-state index in [0.717, 1.165) is 0 Å². The normalized spacial score (nSPS) is 18.7. The van der Waals surface area contributed by atoms with E-state index in [1.54, 1.807) is 0 Å². The van der Waals surface area contributed by atoms with Crippen LogP contribution in [-0.4, -0.2) is 23.9 Å². The largest absolute Gasteiger partial charge is 0.393 e. The van der Waals surface area contributed by atoms with Crippen LogP contribution in [0.15, 0.2) is 0 Å². The number of rotatable bonds is 0. The minimum Gasteiger partial charge on any atom is -0.393 e. The summed E-state index contributed by atoms with van der Waals surface area (Å²) >= 11 is 0. The zero-order valence-corrected chi connectivity index (χ0v) is 7.28. The Morgan fingerprint density at radius 3 is 0.867 bits per heavy atom. The average molecular weight is 216 g/mol. The summed E-state index contributed by atoms with van der Waals surface area (Å²) in [4.78, 5) is 40.0. The zero-order chi connectivity index (χ0) is 10.6. The van der Waals surface area contributed by atoms with Crippen LogP contribution in [0.3, 0.4) is 0 Å². The maximum absolute atomic E-state index is 10.0. The van der Waals surface area contributed by atoms with Crippen molar-refractivity contribution in [2.45, 2.75) is 33.1 Å². The van der Waals surface area contributed by atoms with Crippen molar-refractivity contribution in [3.05, 3.63) is 0 Å². The molecule has 15 heavy (non-hydrogen) atoms. The summed E-state index contributed by atoms with van der Waals surface area (Å²) < 4.78 is 8.17. The molecule has 0 atom stereocenters. The number of carbonyl (C=O) groups is 4. The lowest BCUT2D eigenvalue weighted by molar-refractivity contribution is -0.153. The Morgan fingerprint density at radius 2 is 0.800 bits per heavy atom. The molecule has 6 nitrogen and oxygen atoms in total. The Hall–Kier alpha value is -1.72. The Kier molecular flexibility index (Phi) is 5.22. The Bertz CT molecular complexity index is 235. The fraction of sp³-hybridized carbons (Fsp3) is 0.556. The number of ether oxygens (including phenoxy) is 2. The van der Waals surface area contributed by atoms with Crippen molar-refractivity contribution in [2.24, 2.45) is 0 Å². The van der Waals surface area contributed by atoms with Crippen LogP contribution in [-0.2, 0) is 28.7 Å². The summed E-state index contributed by atoms with van der Waals surface area (Å²) in [6, 6.07) is 0. The molecule has 0 aromatic rings. The van der Waals surface area contributed by atoms with E-state index in [1.165, 1.54) is 0 Å². The molecule has 2 aliphatic heterocycles. The Labute approximate surface area is 86.5 Å². The van der Waals surface area contributed by atoms with Gasteiger partial charge >= 0.3 is 23.9 Å². The second kappa shape index (κ2) is 5.90. The second-order valence-corrected chi connectivity index (χ2v) is 2.69. The minimum atomic E-state index is -0.398. The minimum absolute atomic E-state index is 0. The molecule has 0 bridgehead atoms. The third kappa shape index (κ3) is 4.90. The molecule has 0 amide bonds. The predicted molar refractivity (Wildman–Crippen MR) is 47.4 cm³/mol. The van der Waals surface area contributed by atoms with Crippen LogP contribution in [0.5, 0.6) is 0 Å². The topological polar surface area (TPSA) is 86.7 Å². The van der Waals surface area contributed by atoms with Gasteiger partial charge in [0.05, 0.1) is 25.7 Å². The lowest BCUT2D eigenvalue weighted by Crippen LogP contribution is -1.95. The molecule has 2 rings (SSSR count). The molecule has 0 aliphatic carbocycles. The first kappa shape index (κ1) is 13.3. The van der Waals surface area contributed by atoms with Crippen LogP contribution in [0, 0.1) is 0 Å². The van der Waals surface area contributed by atoms with Crippen molar-refractivity contribution in [1.29, 1.82) is 0 Å². The number of hydrogen-bond acceptors (Lipinski definition) is 6. The molecule has 0 aromatic carbocycles. The third-order valence-electron chi connectivity index (χ3n) is 1.52. The molecule has 0 N–H and O–H groups in total. The summed E-state index contributed by atoms with van der Waals surface area (Å²) in [5.41, 5.74) is 0. The fourth-order valence-electron chi connectivity index (χ4n) is 0.866. The maximum atomic E-state index is 10.0. The van der Waals surface area contributed by atoms with Gasteiger partial charge < -0.3 is 9.47 Å². The summed E-state index contributed by atoms with van der Waals surface area (Å²) in [5.74, 6) is -1.59. The predicted octanol–water partition coefficient (Wildman–Crippen LogP) is 0.336. The maximum Gasteiger partial charge on any atom is 0.314 e. The van der Waals surface area contributed by atoms with Crippen molar-refractivity contribution in [2.75, 3.05) is 0 Å². The van der Waals surface area contributed by atoms with Gasteiger partial charge in [-0.3, -0.25) is 19.2 Å². The first-order valence-electron chi connectivity index (χ1n) is 4.05. The fourth-order valence-corrected chi connectivity index (χ4v) is 0.866. The SMILES string of the molecule is C.O=C1CCC(=O)O1.O=C1CCC(=O)O1. The van der Waals surface area contributed by atoms with Gasteiger partial charge in [-0.2, -0.15) is 0 Å². The zero-order valence-electron chi connectivity index (χ0n) is 7.28. The molecule has 0 radical (unpaired) electrons. The second-order valence-electron chi connectivity index (χ2n) is 2.69. The molecule has 6 heteroatoms. The standard InChI is InChI=1S/2C4H4O3.CH4/c2*5-3-1-2-4(6)7-3;/h2*1-2H2;1H4. The van der Waals surface area contributed by atoms with Crippen LogP contribution in [0.1, 0.15) is 33.1 Å². The van der Waals surface area contributed by atoms with Gasteiger partial charge in [-0.25, -0.2) is 0 Å². The highest BCUT2D eigenvalue weighted by molar-refractivity contribution is 5.93. The first-order valence-corrected chi connectivity index (χ1v) is 4.05. The van der Waals surface area contributed by atoms with E-state index in [1.807, 2.05) is 0 Å². The van der Waals surface area contributed by atoms with Crippen LogP contribution in [0.25, 0.3) is 0 Å². The lowest BCUT2D eigenvalue weighted by Gasteiger charge is -1.79. The van der Waals surface area contributed by atoms with Crippen LogP contribution >= 0.6 is 0 Å². The summed E-state index contributed by atoms with van der Waals surface area (Å²) in [7, 11) is 0. The molecule has 2 aliphatic rings. The van der Waals surface area contributed by atoms with Gasteiger partial charge in [-0.15, -0.1) is 0 Å². The molecule has 0 unspecified atom stereocenters. The van der Waals surface area contributed by atoms with Gasteiger partial charge in [-0.05, 0) is 0 Å². The van der Waals surface area contributed by atoms with Crippen molar-refractivity contribution >= 4 is 23.9 Å². The van der Waals surface area contributed by atoms with Gasteiger partial charge in [-0.1, -0.05) is 7.43 Å². The summed E-state index contributed by atoms with van der Waals surface area (Å²) in [5, 5.41) is 0. The van der Waals surface area contributed by atoms with E-state index in [2.05, 4.69) is 9.47 Å². The Morgan fingerprint density at radius 1 is 0.600 bits per heavy atom. The van der Waals surface area contributed by atoms with Crippen LogP contribution in [0.4, 0.5) is 0 Å². The summed E-state index contributed by atoms with van der Waals surface area (Å²) in [6.07, 6.45) is 1.05. The highest BCUT2D eigenvalue weighted by atomic mass is 16.6. The summed E-state index contributed by atoms with van der Waals surface area (Å²) in [6.45, 7) is 0. The molecular formula is C9H12O6. The number of carbonyl (C=O) groups excluding carboxylic acids is 4. The molecule has 2 fully saturated rings. The molecular weight excluding hydrogens is 204 g/mol. The van der Waals surface area contributed by atoms with Gasteiger partial charge in [0.1, 0.15) is 0 Å². The molecule has 2 heterocycles. The third-order valence-corrected chi connectivity index (χ3v) is 1.52. The van der Waals surface area contributed by atoms with Crippen molar-refractivity contribution in [3.63, 3.8) is 0 Å². The molecule has 0 aromatic heterocycles. The highest BCUT2D eigenvalue weighted by Crippen LogP contribution is 2.04. The van der Waals surface area contributed by atoms with E-state index in [0.29, 0.717) is 0 Å². The quantitative estimate of drug-likeness (QED) is 0.428. The van der Waals surface area contributed by atoms with Crippen molar-refractivity contribution < 1.29 is 28.7 Å². The molecule has 84 valence electrons. The van der Waals surface area contributed by atoms with E-state index >= 15 is 0 Å². The Balaban J connectivity index is 0.000000245. The smallest absolute Gasteiger partial charge is 0.314 e. The molecule has 0 saturated carbocycles. The number of esters is 4. The van der Waals surface area contributed by atoms with Crippen LogP contribution in [0.2, 0.25) is 0 Å². The van der Waals surface area contributed by atoms with Gasteiger partial charge in [0, 0.05) is 0 Å². The van der Waals surface area contributed by atoms with E-state index in [9.17, 15) is 19.2 Å².